The lowest BCUT2D eigenvalue weighted by molar-refractivity contribution is -0.123. The molecule has 7 heteroatoms. The topological polar surface area (TPSA) is 71.3 Å². The van der Waals surface area contributed by atoms with E-state index in [0.717, 1.165) is 43.0 Å². The Labute approximate surface area is 151 Å². The lowest BCUT2D eigenvalue weighted by atomic mass is 10.1. The van der Waals surface area contributed by atoms with Crippen LogP contribution in [0.2, 0.25) is 0 Å². The predicted octanol–water partition coefficient (Wildman–Crippen LogP) is 2.43. The Morgan fingerprint density at radius 1 is 1.24 bits per heavy atom. The van der Waals surface area contributed by atoms with Gasteiger partial charge in [0.1, 0.15) is 6.04 Å². The fourth-order valence-electron chi connectivity index (χ4n) is 2.93. The second-order valence-electron chi connectivity index (χ2n) is 6.55. The molecule has 1 aromatic heterocycles. The van der Waals surface area contributed by atoms with Crippen molar-refractivity contribution in [2.24, 2.45) is 5.92 Å². The van der Waals surface area contributed by atoms with Crippen molar-refractivity contribution in [3.63, 3.8) is 0 Å². The molecule has 4 rings (SSSR count). The molecule has 2 fully saturated rings. The number of aromatic nitrogens is 2. The van der Waals surface area contributed by atoms with Crippen LogP contribution in [0.1, 0.15) is 30.3 Å². The number of rotatable bonds is 6. The largest absolute Gasteiger partial charge is 0.406 e. The zero-order valence-corrected chi connectivity index (χ0v) is 14.9. The summed E-state index contributed by atoms with van der Waals surface area (Å²) in [6.07, 6.45) is 2.60. The summed E-state index contributed by atoms with van der Waals surface area (Å²) in [4.78, 5) is 14.4. The van der Waals surface area contributed by atoms with Crippen LogP contribution in [0.4, 0.5) is 6.01 Å². The van der Waals surface area contributed by atoms with Gasteiger partial charge in [-0.15, -0.1) is 5.10 Å². The molecule has 2 aromatic rings. The van der Waals surface area contributed by atoms with Gasteiger partial charge < -0.3 is 14.6 Å². The van der Waals surface area contributed by atoms with E-state index in [4.69, 9.17) is 4.42 Å². The van der Waals surface area contributed by atoms with Crippen molar-refractivity contribution in [1.29, 1.82) is 0 Å². The highest BCUT2D eigenvalue weighted by Gasteiger charge is 2.33. The molecule has 1 saturated heterocycles. The number of carbonyl (C=O) groups excluding carboxylic acids is 1. The number of carbonyl (C=O) groups is 1. The number of anilines is 1. The predicted molar refractivity (Wildman–Crippen MR) is 97.6 cm³/mol. The Kier molecular flexibility index (Phi) is 4.92. The van der Waals surface area contributed by atoms with E-state index < -0.39 is 0 Å². The third-order valence-electron chi connectivity index (χ3n) is 4.56. The van der Waals surface area contributed by atoms with Gasteiger partial charge in [0, 0.05) is 36.9 Å². The molecule has 2 aliphatic rings. The van der Waals surface area contributed by atoms with Crippen LogP contribution in [0.3, 0.4) is 0 Å². The molecule has 1 amide bonds. The zero-order valence-electron chi connectivity index (χ0n) is 14.1. The second-order valence-corrected chi connectivity index (χ2v) is 7.77. The standard InChI is InChI=1S/C18H22N4O2S/c23-16(14-6-7-14)19-15(12-13-4-2-1-3-5-13)17-20-21-18(24-17)22-8-10-25-11-9-22/h1-5,14-15H,6-12H2,(H,19,23). The summed E-state index contributed by atoms with van der Waals surface area (Å²) in [6.45, 7) is 1.84. The molecule has 0 radical (unpaired) electrons. The van der Waals surface area contributed by atoms with Gasteiger partial charge in [-0.1, -0.05) is 35.4 Å². The molecule has 0 spiro atoms. The Balaban J connectivity index is 1.51. The van der Waals surface area contributed by atoms with Gasteiger partial charge in [-0.25, -0.2) is 0 Å². The van der Waals surface area contributed by atoms with Crippen molar-refractivity contribution in [3.8, 4) is 0 Å². The smallest absolute Gasteiger partial charge is 0.318 e. The normalized spacial score (nSPS) is 18.8. The maximum absolute atomic E-state index is 12.3. The van der Waals surface area contributed by atoms with Crippen molar-refractivity contribution in [2.45, 2.75) is 25.3 Å². The van der Waals surface area contributed by atoms with Crippen LogP contribution < -0.4 is 10.2 Å². The molecule has 2 heterocycles. The second kappa shape index (κ2) is 7.47. The molecule has 25 heavy (non-hydrogen) atoms. The number of benzene rings is 1. The van der Waals surface area contributed by atoms with Gasteiger partial charge >= 0.3 is 6.01 Å². The minimum absolute atomic E-state index is 0.0926. The Bertz CT molecular complexity index is 711. The van der Waals surface area contributed by atoms with E-state index in [0.29, 0.717) is 18.3 Å². The number of hydrogen-bond acceptors (Lipinski definition) is 6. The first kappa shape index (κ1) is 16.4. The van der Waals surface area contributed by atoms with E-state index in [2.05, 4.69) is 32.5 Å². The van der Waals surface area contributed by atoms with Crippen LogP contribution >= 0.6 is 11.8 Å². The van der Waals surface area contributed by atoms with Gasteiger partial charge in [0.15, 0.2) is 0 Å². The van der Waals surface area contributed by atoms with E-state index in [1.807, 2.05) is 30.0 Å². The fourth-order valence-corrected chi connectivity index (χ4v) is 3.84. The van der Waals surface area contributed by atoms with Crippen LogP contribution in [0, 0.1) is 5.92 Å². The van der Waals surface area contributed by atoms with E-state index in [1.54, 1.807) is 0 Å². The van der Waals surface area contributed by atoms with E-state index >= 15 is 0 Å². The monoisotopic (exact) mass is 358 g/mol. The van der Waals surface area contributed by atoms with E-state index in [9.17, 15) is 4.79 Å². The molecule has 1 atom stereocenters. The summed E-state index contributed by atoms with van der Waals surface area (Å²) >= 11 is 1.94. The van der Waals surface area contributed by atoms with Gasteiger partial charge in [-0.05, 0) is 18.4 Å². The van der Waals surface area contributed by atoms with E-state index in [-0.39, 0.29) is 17.9 Å². The highest BCUT2D eigenvalue weighted by molar-refractivity contribution is 7.99. The highest BCUT2D eigenvalue weighted by atomic mass is 32.2. The Morgan fingerprint density at radius 2 is 2.00 bits per heavy atom. The highest BCUT2D eigenvalue weighted by Crippen LogP contribution is 2.30. The average Bonchev–Trinajstić information content (AvgIpc) is 3.40. The van der Waals surface area contributed by atoms with Crippen LogP contribution in [-0.2, 0) is 11.2 Å². The van der Waals surface area contributed by atoms with Gasteiger partial charge in [0.05, 0.1) is 0 Å². The van der Waals surface area contributed by atoms with Gasteiger partial charge in [-0.3, -0.25) is 4.79 Å². The van der Waals surface area contributed by atoms with Gasteiger partial charge in [0.2, 0.25) is 11.8 Å². The summed E-state index contributed by atoms with van der Waals surface area (Å²) < 4.78 is 5.94. The molecular formula is C18H22N4O2S. The van der Waals surface area contributed by atoms with Crippen molar-refractivity contribution >= 4 is 23.7 Å². The molecule has 0 bridgehead atoms. The molecule has 1 saturated carbocycles. The molecule has 6 nitrogen and oxygen atoms in total. The van der Waals surface area contributed by atoms with Gasteiger partial charge in [0.25, 0.3) is 0 Å². The van der Waals surface area contributed by atoms with Crippen molar-refractivity contribution in [1.82, 2.24) is 15.5 Å². The molecule has 132 valence electrons. The first-order valence-corrected chi connectivity index (χ1v) is 9.95. The fraction of sp³-hybridized carbons (Fsp3) is 0.500. The van der Waals surface area contributed by atoms with Crippen molar-refractivity contribution in [3.05, 3.63) is 41.8 Å². The molecule has 1 aromatic carbocycles. The maximum atomic E-state index is 12.3. The molecule has 1 unspecified atom stereocenters. The van der Waals surface area contributed by atoms with Crippen molar-refractivity contribution < 1.29 is 9.21 Å². The summed E-state index contributed by atoms with van der Waals surface area (Å²) in [7, 11) is 0. The third kappa shape index (κ3) is 4.15. The Hall–Kier alpha value is -2.02. The first-order valence-electron chi connectivity index (χ1n) is 8.80. The molecule has 1 N–H and O–H groups in total. The maximum Gasteiger partial charge on any atom is 0.318 e. The van der Waals surface area contributed by atoms with Gasteiger partial charge in [-0.2, -0.15) is 11.8 Å². The van der Waals surface area contributed by atoms with Crippen LogP contribution in [0.5, 0.6) is 0 Å². The molecule has 1 aliphatic heterocycles. The minimum atomic E-state index is -0.282. The van der Waals surface area contributed by atoms with Crippen LogP contribution in [-0.4, -0.2) is 40.7 Å². The third-order valence-corrected chi connectivity index (χ3v) is 5.50. The lowest BCUT2D eigenvalue weighted by Gasteiger charge is -2.24. The van der Waals surface area contributed by atoms with Crippen molar-refractivity contribution in [2.75, 3.05) is 29.5 Å². The lowest BCUT2D eigenvalue weighted by Crippen LogP contribution is -2.32. The number of amides is 1. The Morgan fingerprint density at radius 3 is 2.72 bits per heavy atom. The molecule has 1 aliphatic carbocycles. The number of nitrogens with zero attached hydrogens (tertiary/aromatic N) is 3. The quantitative estimate of drug-likeness (QED) is 0.855. The SMILES string of the molecule is O=C(NC(Cc1ccccc1)c1nnc(N2CCSCC2)o1)C1CC1. The van der Waals surface area contributed by atoms with E-state index in [1.165, 1.54) is 0 Å². The summed E-state index contributed by atoms with van der Waals surface area (Å²) in [5.74, 6) is 2.88. The van der Waals surface area contributed by atoms with Crippen LogP contribution in [0.15, 0.2) is 34.7 Å². The first-order chi connectivity index (χ1) is 12.3. The average molecular weight is 358 g/mol. The number of hydrogen-bond donors (Lipinski definition) is 1. The zero-order chi connectivity index (χ0) is 17.1. The van der Waals surface area contributed by atoms with Crippen LogP contribution in [0.25, 0.3) is 0 Å². The summed E-state index contributed by atoms with van der Waals surface area (Å²) in [5.41, 5.74) is 1.14. The molecular weight excluding hydrogens is 336 g/mol. The minimum Gasteiger partial charge on any atom is -0.406 e. The number of nitrogens with one attached hydrogen (secondary N) is 1. The summed E-state index contributed by atoms with van der Waals surface area (Å²) in [5, 5.41) is 11.6. The summed E-state index contributed by atoms with van der Waals surface area (Å²) in [6, 6.07) is 10.4. The number of thioether (sulfide) groups is 1.